The Morgan fingerprint density at radius 3 is 2.69 bits per heavy atom. The summed E-state index contributed by atoms with van der Waals surface area (Å²) in [5.74, 6) is 0.344. The fraction of sp³-hybridized carbons (Fsp3) is 0.917. The minimum Gasteiger partial charge on any atom is -0.353 e. The van der Waals surface area contributed by atoms with E-state index in [0.29, 0.717) is 0 Å². The van der Waals surface area contributed by atoms with Crippen LogP contribution in [-0.2, 0) is 4.79 Å². The zero-order valence-electron chi connectivity index (χ0n) is 10.7. The van der Waals surface area contributed by atoms with Gasteiger partial charge < -0.3 is 16.0 Å². The standard InChI is InChI=1S/C12H25N3O/c1-9(6-7-15(2)3)14-12(16)10-4-5-11(13)8-10/h9-11H,4-8,13H2,1-3H3,(H,14,16). The second-order valence-corrected chi connectivity index (χ2v) is 5.27. The van der Waals surface area contributed by atoms with Crippen molar-refractivity contribution >= 4 is 5.91 Å². The van der Waals surface area contributed by atoms with Crippen molar-refractivity contribution in [2.45, 2.75) is 44.7 Å². The number of carbonyl (C=O) groups excluding carboxylic acids is 1. The Labute approximate surface area is 98.6 Å². The Morgan fingerprint density at radius 1 is 1.50 bits per heavy atom. The number of hydrogen-bond acceptors (Lipinski definition) is 3. The zero-order chi connectivity index (χ0) is 12.1. The van der Waals surface area contributed by atoms with Crippen LogP contribution < -0.4 is 11.1 Å². The minimum absolute atomic E-state index is 0.150. The lowest BCUT2D eigenvalue weighted by Crippen LogP contribution is -2.38. The van der Waals surface area contributed by atoms with Gasteiger partial charge in [0.05, 0.1) is 0 Å². The molecule has 0 aromatic heterocycles. The van der Waals surface area contributed by atoms with Crippen LogP contribution in [0.5, 0.6) is 0 Å². The number of nitrogens with one attached hydrogen (secondary N) is 1. The Bertz CT molecular complexity index is 230. The predicted molar refractivity (Wildman–Crippen MR) is 66.1 cm³/mol. The Kier molecular flexibility index (Phi) is 5.22. The molecule has 3 unspecified atom stereocenters. The van der Waals surface area contributed by atoms with Crippen LogP contribution in [0.15, 0.2) is 0 Å². The Morgan fingerprint density at radius 2 is 2.19 bits per heavy atom. The highest BCUT2D eigenvalue weighted by molar-refractivity contribution is 5.79. The number of amides is 1. The molecule has 1 fully saturated rings. The first-order valence-electron chi connectivity index (χ1n) is 6.19. The number of nitrogens with zero attached hydrogens (tertiary/aromatic N) is 1. The van der Waals surface area contributed by atoms with Crippen molar-refractivity contribution in [3.63, 3.8) is 0 Å². The molecular formula is C12H25N3O. The normalized spacial score (nSPS) is 27.1. The Balaban J connectivity index is 2.23. The molecule has 0 aromatic rings. The molecule has 0 heterocycles. The van der Waals surface area contributed by atoms with Gasteiger partial charge in [-0.25, -0.2) is 0 Å². The summed E-state index contributed by atoms with van der Waals surface area (Å²) in [6, 6.07) is 0.486. The van der Waals surface area contributed by atoms with Crippen LogP contribution in [-0.4, -0.2) is 43.5 Å². The van der Waals surface area contributed by atoms with Crippen LogP contribution in [0.2, 0.25) is 0 Å². The van der Waals surface area contributed by atoms with Crippen molar-refractivity contribution in [3.05, 3.63) is 0 Å². The third-order valence-electron chi connectivity index (χ3n) is 3.24. The predicted octanol–water partition coefficient (Wildman–Crippen LogP) is 0.570. The molecule has 0 saturated heterocycles. The maximum atomic E-state index is 11.9. The van der Waals surface area contributed by atoms with Gasteiger partial charge in [0.2, 0.25) is 5.91 Å². The van der Waals surface area contributed by atoms with Crippen molar-refractivity contribution in [3.8, 4) is 0 Å². The minimum atomic E-state index is 0.150. The van der Waals surface area contributed by atoms with Crippen molar-refractivity contribution in [1.29, 1.82) is 0 Å². The summed E-state index contributed by atoms with van der Waals surface area (Å²) in [6.07, 6.45) is 3.79. The van der Waals surface area contributed by atoms with Gasteiger partial charge in [-0.1, -0.05) is 0 Å². The summed E-state index contributed by atoms with van der Waals surface area (Å²) in [5, 5.41) is 3.08. The third-order valence-corrected chi connectivity index (χ3v) is 3.24. The summed E-state index contributed by atoms with van der Waals surface area (Å²) in [6.45, 7) is 3.07. The van der Waals surface area contributed by atoms with E-state index in [-0.39, 0.29) is 23.9 Å². The molecule has 16 heavy (non-hydrogen) atoms. The monoisotopic (exact) mass is 227 g/mol. The molecule has 94 valence electrons. The molecule has 0 spiro atoms. The first-order valence-corrected chi connectivity index (χ1v) is 6.19. The van der Waals surface area contributed by atoms with E-state index < -0.39 is 0 Å². The van der Waals surface area contributed by atoms with E-state index in [0.717, 1.165) is 32.2 Å². The highest BCUT2D eigenvalue weighted by Crippen LogP contribution is 2.24. The van der Waals surface area contributed by atoms with Crippen LogP contribution in [0.3, 0.4) is 0 Å². The summed E-state index contributed by atoms with van der Waals surface area (Å²) in [4.78, 5) is 14.0. The molecule has 1 amide bonds. The first-order chi connectivity index (χ1) is 7.49. The van der Waals surface area contributed by atoms with Gasteiger partial charge in [0.1, 0.15) is 0 Å². The largest absolute Gasteiger partial charge is 0.353 e. The maximum absolute atomic E-state index is 11.9. The van der Waals surface area contributed by atoms with Gasteiger partial charge in [-0.2, -0.15) is 0 Å². The van der Waals surface area contributed by atoms with E-state index in [4.69, 9.17) is 5.73 Å². The van der Waals surface area contributed by atoms with Gasteiger partial charge in [-0.15, -0.1) is 0 Å². The molecule has 4 heteroatoms. The topological polar surface area (TPSA) is 58.4 Å². The SMILES string of the molecule is CC(CCN(C)C)NC(=O)C1CCC(N)C1. The molecule has 1 aliphatic rings. The summed E-state index contributed by atoms with van der Waals surface area (Å²) < 4.78 is 0. The van der Waals surface area contributed by atoms with E-state index in [2.05, 4.69) is 17.1 Å². The molecule has 0 radical (unpaired) electrons. The number of carbonyl (C=O) groups is 1. The van der Waals surface area contributed by atoms with E-state index in [1.807, 2.05) is 14.1 Å². The van der Waals surface area contributed by atoms with Crippen molar-refractivity contribution in [2.24, 2.45) is 11.7 Å². The fourth-order valence-corrected chi connectivity index (χ4v) is 2.14. The van der Waals surface area contributed by atoms with Gasteiger partial charge in [-0.3, -0.25) is 4.79 Å². The summed E-state index contributed by atoms with van der Waals surface area (Å²) in [7, 11) is 4.09. The number of nitrogens with two attached hydrogens (primary N) is 1. The van der Waals surface area contributed by atoms with Gasteiger partial charge in [0.25, 0.3) is 0 Å². The van der Waals surface area contributed by atoms with Crippen LogP contribution in [0.4, 0.5) is 0 Å². The quantitative estimate of drug-likeness (QED) is 0.722. The lowest BCUT2D eigenvalue weighted by atomic mass is 10.1. The number of rotatable bonds is 5. The molecule has 3 N–H and O–H groups in total. The molecule has 1 saturated carbocycles. The first kappa shape index (κ1) is 13.5. The van der Waals surface area contributed by atoms with Crippen molar-refractivity contribution < 1.29 is 4.79 Å². The average molecular weight is 227 g/mol. The van der Waals surface area contributed by atoms with Crippen molar-refractivity contribution in [1.82, 2.24) is 10.2 Å². The second-order valence-electron chi connectivity index (χ2n) is 5.27. The molecule has 4 nitrogen and oxygen atoms in total. The lowest BCUT2D eigenvalue weighted by molar-refractivity contribution is -0.125. The lowest BCUT2D eigenvalue weighted by Gasteiger charge is -2.19. The van der Waals surface area contributed by atoms with Gasteiger partial charge in [0, 0.05) is 18.0 Å². The van der Waals surface area contributed by atoms with Gasteiger partial charge in [0.15, 0.2) is 0 Å². The third kappa shape index (κ3) is 4.49. The van der Waals surface area contributed by atoms with E-state index in [9.17, 15) is 4.79 Å². The molecule has 0 bridgehead atoms. The van der Waals surface area contributed by atoms with Crippen LogP contribution >= 0.6 is 0 Å². The fourth-order valence-electron chi connectivity index (χ4n) is 2.14. The van der Waals surface area contributed by atoms with Crippen molar-refractivity contribution in [2.75, 3.05) is 20.6 Å². The summed E-state index contributed by atoms with van der Waals surface area (Å²) in [5.41, 5.74) is 5.81. The molecule has 0 aliphatic heterocycles. The van der Waals surface area contributed by atoms with Crippen LogP contribution in [0.1, 0.15) is 32.6 Å². The average Bonchev–Trinajstić information content (AvgIpc) is 2.62. The zero-order valence-corrected chi connectivity index (χ0v) is 10.7. The number of hydrogen-bond donors (Lipinski definition) is 2. The summed E-state index contributed by atoms with van der Waals surface area (Å²) >= 11 is 0. The van der Waals surface area contributed by atoms with Gasteiger partial charge >= 0.3 is 0 Å². The van der Waals surface area contributed by atoms with Crippen LogP contribution in [0.25, 0.3) is 0 Å². The smallest absolute Gasteiger partial charge is 0.223 e. The Hall–Kier alpha value is -0.610. The van der Waals surface area contributed by atoms with E-state index in [1.54, 1.807) is 0 Å². The highest BCUT2D eigenvalue weighted by atomic mass is 16.1. The van der Waals surface area contributed by atoms with Gasteiger partial charge in [-0.05, 0) is 53.2 Å². The van der Waals surface area contributed by atoms with E-state index >= 15 is 0 Å². The molecule has 1 aliphatic carbocycles. The maximum Gasteiger partial charge on any atom is 0.223 e. The highest BCUT2D eigenvalue weighted by Gasteiger charge is 2.28. The molecular weight excluding hydrogens is 202 g/mol. The molecule has 1 rings (SSSR count). The second kappa shape index (κ2) is 6.21. The molecule has 3 atom stereocenters. The van der Waals surface area contributed by atoms with Crippen LogP contribution in [0, 0.1) is 5.92 Å². The van der Waals surface area contributed by atoms with E-state index in [1.165, 1.54) is 0 Å². The molecule has 0 aromatic carbocycles.